The van der Waals surface area contributed by atoms with Crippen LogP contribution in [0.5, 0.6) is 0 Å². The number of piperazine rings is 1. The predicted molar refractivity (Wildman–Crippen MR) is 114 cm³/mol. The maximum atomic E-state index is 12.8. The van der Waals surface area contributed by atoms with Crippen molar-refractivity contribution in [2.75, 3.05) is 36.4 Å². The molecule has 3 fully saturated rings. The molecule has 6 nitrogen and oxygen atoms in total. The van der Waals surface area contributed by atoms with E-state index in [9.17, 15) is 4.79 Å². The van der Waals surface area contributed by atoms with E-state index in [4.69, 9.17) is 0 Å². The van der Waals surface area contributed by atoms with E-state index in [0.717, 1.165) is 56.6 Å². The lowest BCUT2D eigenvalue weighted by Gasteiger charge is -2.39. The summed E-state index contributed by atoms with van der Waals surface area (Å²) in [6.45, 7) is 8.56. The van der Waals surface area contributed by atoms with Gasteiger partial charge in [-0.3, -0.25) is 4.90 Å². The number of nitrogens with zero attached hydrogens (tertiary/aromatic N) is 4. The standard InChI is InChI=1S/C22H35N5O/c1-17-6-5-7-18(2)27(17)22(28)24-19-10-11-23-21(16-19)26-14-12-25(13-15-26)20-8-3-4-9-20/h10-11,16-18,20H,3-9,12-15H2,1-2H3,(H,23,24,28). The second-order valence-corrected chi connectivity index (χ2v) is 8.83. The monoisotopic (exact) mass is 385 g/mol. The Balaban J connectivity index is 1.36. The van der Waals surface area contributed by atoms with Crippen molar-refractivity contribution in [3.05, 3.63) is 18.3 Å². The van der Waals surface area contributed by atoms with Crippen LogP contribution in [0, 0.1) is 0 Å². The number of carbonyl (C=O) groups is 1. The van der Waals surface area contributed by atoms with Crippen molar-refractivity contribution >= 4 is 17.5 Å². The minimum Gasteiger partial charge on any atom is -0.354 e. The fraction of sp³-hybridized carbons (Fsp3) is 0.727. The Hall–Kier alpha value is -1.82. The van der Waals surface area contributed by atoms with E-state index in [1.54, 1.807) is 0 Å². The normalized spacial score (nSPS) is 27.2. The molecule has 1 N–H and O–H groups in total. The maximum absolute atomic E-state index is 12.8. The van der Waals surface area contributed by atoms with Crippen LogP contribution in [0.2, 0.25) is 0 Å². The number of piperidine rings is 1. The van der Waals surface area contributed by atoms with Gasteiger partial charge in [-0.15, -0.1) is 0 Å². The zero-order valence-corrected chi connectivity index (χ0v) is 17.4. The third-order valence-corrected chi connectivity index (χ3v) is 6.90. The lowest BCUT2D eigenvalue weighted by Crippen LogP contribution is -2.50. The molecule has 2 atom stereocenters. The van der Waals surface area contributed by atoms with E-state index in [-0.39, 0.29) is 6.03 Å². The molecular weight excluding hydrogens is 350 g/mol. The van der Waals surface area contributed by atoms with Gasteiger partial charge in [0.05, 0.1) is 0 Å². The number of pyridine rings is 1. The number of hydrogen-bond donors (Lipinski definition) is 1. The van der Waals surface area contributed by atoms with Crippen molar-refractivity contribution in [2.45, 2.75) is 76.9 Å². The summed E-state index contributed by atoms with van der Waals surface area (Å²) >= 11 is 0. The molecule has 154 valence electrons. The Kier molecular flexibility index (Phi) is 6.04. The number of aromatic nitrogens is 1. The Labute approximate surface area is 169 Å². The van der Waals surface area contributed by atoms with Gasteiger partial charge in [0.15, 0.2) is 0 Å². The number of amides is 2. The van der Waals surface area contributed by atoms with E-state index in [1.165, 1.54) is 32.1 Å². The van der Waals surface area contributed by atoms with Crippen LogP contribution in [0.25, 0.3) is 0 Å². The predicted octanol–water partition coefficient (Wildman–Crippen LogP) is 3.94. The highest BCUT2D eigenvalue weighted by molar-refractivity contribution is 5.90. The molecule has 3 aliphatic rings. The quantitative estimate of drug-likeness (QED) is 0.856. The fourth-order valence-corrected chi connectivity index (χ4v) is 5.26. The zero-order chi connectivity index (χ0) is 19.5. The molecule has 0 aromatic carbocycles. The Morgan fingerprint density at radius 2 is 1.68 bits per heavy atom. The molecule has 0 bridgehead atoms. The first-order valence-electron chi connectivity index (χ1n) is 11.2. The van der Waals surface area contributed by atoms with Crippen molar-refractivity contribution in [3.63, 3.8) is 0 Å². The Morgan fingerprint density at radius 3 is 2.36 bits per heavy atom. The van der Waals surface area contributed by atoms with Gasteiger partial charge in [-0.1, -0.05) is 12.8 Å². The Bertz CT molecular complexity index is 657. The molecule has 6 heteroatoms. The summed E-state index contributed by atoms with van der Waals surface area (Å²) in [5.74, 6) is 0.976. The molecule has 2 unspecified atom stereocenters. The zero-order valence-electron chi connectivity index (χ0n) is 17.4. The van der Waals surface area contributed by atoms with Gasteiger partial charge in [0, 0.05) is 62.3 Å². The van der Waals surface area contributed by atoms with Crippen molar-refractivity contribution in [1.29, 1.82) is 0 Å². The van der Waals surface area contributed by atoms with Gasteiger partial charge in [-0.2, -0.15) is 0 Å². The van der Waals surface area contributed by atoms with Crippen LogP contribution in [0.1, 0.15) is 58.8 Å². The molecule has 1 aromatic heterocycles. The average molecular weight is 386 g/mol. The molecule has 2 saturated heterocycles. The van der Waals surface area contributed by atoms with Gasteiger partial charge in [0.1, 0.15) is 5.82 Å². The molecule has 1 aromatic rings. The molecule has 2 amide bonds. The van der Waals surface area contributed by atoms with Crippen molar-refractivity contribution in [2.24, 2.45) is 0 Å². The first-order chi connectivity index (χ1) is 13.6. The highest BCUT2D eigenvalue weighted by Crippen LogP contribution is 2.27. The summed E-state index contributed by atoms with van der Waals surface area (Å²) in [6, 6.07) is 5.34. The Morgan fingerprint density at radius 1 is 1.00 bits per heavy atom. The molecule has 2 aliphatic heterocycles. The molecule has 1 aliphatic carbocycles. The summed E-state index contributed by atoms with van der Waals surface area (Å²) in [7, 11) is 0. The van der Waals surface area contributed by atoms with Gasteiger partial charge in [-0.25, -0.2) is 9.78 Å². The summed E-state index contributed by atoms with van der Waals surface area (Å²) in [5, 5.41) is 3.12. The number of nitrogens with one attached hydrogen (secondary N) is 1. The van der Waals surface area contributed by atoms with Crippen LogP contribution in [-0.4, -0.2) is 65.1 Å². The van der Waals surface area contributed by atoms with E-state index in [2.05, 4.69) is 33.9 Å². The minimum atomic E-state index is 0.0166. The third-order valence-electron chi connectivity index (χ3n) is 6.90. The summed E-state index contributed by atoms with van der Waals surface area (Å²) in [6.07, 6.45) is 10.7. The first-order valence-corrected chi connectivity index (χ1v) is 11.2. The van der Waals surface area contributed by atoms with Gasteiger partial charge in [0.25, 0.3) is 0 Å². The smallest absolute Gasteiger partial charge is 0.322 e. The van der Waals surface area contributed by atoms with Crippen molar-refractivity contribution < 1.29 is 4.79 Å². The fourth-order valence-electron chi connectivity index (χ4n) is 5.26. The molecule has 0 radical (unpaired) electrons. The molecule has 1 saturated carbocycles. The lowest BCUT2D eigenvalue weighted by molar-refractivity contribution is 0.133. The number of urea groups is 1. The van der Waals surface area contributed by atoms with Crippen molar-refractivity contribution in [3.8, 4) is 0 Å². The molecule has 4 rings (SSSR count). The van der Waals surface area contributed by atoms with Crippen LogP contribution in [0.3, 0.4) is 0 Å². The van der Waals surface area contributed by atoms with Crippen LogP contribution in [0.15, 0.2) is 18.3 Å². The summed E-state index contributed by atoms with van der Waals surface area (Å²) in [4.78, 5) is 24.4. The van der Waals surface area contributed by atoms with Gasteiger partial charge >= 0.3 is 6.03 Å². The molecule has 0 spiro atoms. The lowest BCUT2D eigenvalue weighted by atomic mass is 9.98. The molecule has 3 heterocycles. The highest BCUT2D eigenvalue weighted by Gasteiger charge is 2.29. The SMILES string of the molecule is CC1CCCC(C)N1C(=O)Nc1ccnc(N2CCN(C3CCCC3)CC2)c1. The van der Waals surface area contributed by atoms with E-state index in [1.807, 2.05) is 23.2 Å². The molecular formula is C22H35N5O. The van der Waals surface area contributed by atoms with Crippen molar-refractivity contribution in [1.82, 2.24) is 14.8 Å². The van der Waals surface area contributed by atoms with E-state index >= 15 is 0 Å². The number of anilines is 2. The van der Waals surface area contributed by atoms with E-state index < -0.39 is 0 Å². The number of rotatable bonds is 3. The molecule has 28 heavy (non-hydrogen) atoms. The minimum absolute atomic E-state index is 0.0166. The van der Waals surface area contributed by atoms with Crippen LogP contribution in [-0.2, 0) is 0 Å². The van der Waals surface area contributed by atoms with Crippen LogP contribution < -0.4 is 10.2 Å². The largest absolute Gasteiger partial charge is 0.354 e. The van der Waals surface area contributed by atoms with Gasteiger partial charge in [0.2, 0.25) is 0 Å². The number of hydrogen-bond acceptors (Lipinski definition) is 4. The van der Waals surface area contributed by atoms with Gasteiger partial charge < -0.3 is 15.1 Å². The topological polar surface area (TPSA) is 51.7 Å². The number of likely N-dealkylation sites (tertiary alicyclic amines) is 1. The summed E-state index contributed by atoms with van der Waals surface area (Å²) in [5.41, 5.74) is 0.846. The highest BCUT2D eigenvalue weighted by atomic mass is 16.2. The summed E-state index contributed by atoms with van der Waals surface area (Å²) < 4.78 is 0. The number of carbonyl (C=O) groups excluding carboxylic acids is 1. The van der Waals surface area contributed by atoms with Crippen LogP contribution in [0.4, 0.5) is 16.3 Å². The second kappa shape index (κ2) is 8.68. The van der Waals surface area contributed by atoms with Crippen LogP contribution >= 0.6 is 0 Å². The van der Waals surface area contributed by atoms with E-state index in [0.29, 0.717) is 12.1 Å². The average Bonchev–Trinajstić information content (AvgIpc) is 3.23. The maximum Gasteiger partial charge on any atom is 0.322 e. The van der Waals surface area contributed by atoms with Gasteiger partial charge in [-0.05, 0) is 52.0 Å². The first kappa shape index (κ1) is 19.5. The third kappa shape index (κ3) is 4.27. The second-order valence-electron chi connectivity index (χ2n) is 8.83.